The van der Waals surface area contributed by atoms with Crippen LogP contribution in [-0.2, 0) is 11.8 Å². The summed E-state index contributed by atoms with van der Waals surface area (Å²) in [6.07, 6.45) is 10.9. The van der Waals surface area contributed by atoms with Crippen LogP contribution in [0.5, 0.6) is 0 Å². The lowest BCUT2D eigenvalue weighted by Crippen LogP contribution is -2.43. The third-order valence-electron chi connectivity index (χ3n) is 5.01. The molecule has 2 fully saturated rings. The molecule has 22 heavy (non-hydrogen) atoms. The molecular weight excluding hydrogens is 296 g/mol. The Hall–Kier alpha value is -1.01. The first kappa shape index (κ1) is 15.9. The molecule has 1 aliphatic heterocycles. The van der Waals surface area contributed by atoms with Gasteiger partial charge in [0.1, 0.15) is 0 Å². The average molecular weight is 322 g/mol. The molecule has 1 saturated heterocycles. The molecule has 1 amide bonds. The van der Waals surface area contributed by atoms with E-state index in [1.54, 1.807) is 0 Å². The fourth-order valence-corrected chi connectivity index (χ4v) is 4.56. The molecule has 1 aliphatic carbocycles. The van der Waals surface area contributed by atoms with Crippen molar-refractivity contribution in [1.29, 1.82) is 0 Å². The third kappa shape index (κ3) is 3.49. The molecule has 0 radical (unpaired) electrons. The van der Waals surface area contributed by atoms with Gasteiger partial charge in [0.05, 0.1) is 12.1 Å². The number of hydrogen-bond donors (Lipinski definition) is 2. The maximum absolute atomic E-state index is 12.7. The summed E-state index contributed by atoms with van der Waals surface area (Å²) < 4.78 is 1.81. The van der Waals surface area contributed by atoms with Gasteiger partial charge in [-0.1, -0.05) is 6.42 Å². The Morgan fingerprint density at radius 2 is 2.32 bits per heavy atom. The van der Waals surface area contributed by atoms with Gasteiger partial charge in [-0.2, -0.15) is 16.9 Å². The zero-order valence-electron chi connectivity index (χ0n) is 13.4. The molecule has 2 unspecified atom stereocenters. The highest BCUT2D eigenvalue weighted by Gasteiger charge is 2.36. The van der Waals surface area contributed by atoms with Gasteiger partial charge in [0.25, 0.3) is 0 Å². The second-order valence-electron chi connectivity index (χ2n) is 6.55. The van der Waals surface area contributed by atoms with Gasteiger partial charge in [0.15, 0.2) is 0 Å². The highest BCUT2D eigenvalue weighted by Crippen LogP contribution is 2.30. The molecule has 0 spiro atoms. The fourth-order valence-electron chi connectivity index (χ4n) is 3.73. The van der Waals surface area contributed by atoms with Crippen molar-refractivity contribution >= 4 is 17.7 Å². The topological polar surface area (TPSA) is 59.0 Å². The first-order valence-electron chi connectivity index (χ1n) is 8.19. The minimum atomic E-state index is 0.0267. The number of aromatic nitrogens is 2. The monoisotopic (exact) mass is 322 g/mol. The average Bonchev–Trinajstić information content (AvgIpc) is 3.15. The summed E-state index contributed by atoms with van der Waals surface area (Å²) in [5.41, 5.74) is 1.17. The van der Waals surface area contributed by atoms with Gasteiger partial charge < -0.3 is 10.6 Å². The van der Waals surface area contributed by atoms with Gasteiger partial charge >= 0.3 is 0 Å². The van der Waals surface area contributed by atoms with Crippen LogP contribution in [0.4, 0.5) is 0 Å². The Labute approximate surface area is 136 Å². The Morgan fingerprint density at radius 3 is 3.05 bits per heavy atom. The van der Waals surface area contributed by atoms with Crippen molar-refractivity contribution in [3.05, 3.63) is 18.0 Å². The van der Waals surface area contributed by atoms with Gasteiger partial charge in [0, 0.05) is 43.5 Å². The number of hydrogen-bond acceptors (Lipinski definition) is 4. The zero-order valence-corrected chi connectivity index (χ0v) is 14.2. The summed E-state index contributed by atoms with van der Waals surface area (Å²) in [4.78, 5) is 12.7. The quantitative estimate of drug-likeness (QED) is 0.882. The van der Waals surface area contributed by atoms with E-state index < -0.39 is 0 Å². The molecular formula is C16H26N4OS. The van der Waals surface area contributed by atoms with E-state index in [0.29, 0.717) is 11.3 Å². The van der Waals surface area contributed by atoms with Crippen LogP contribution >= 0.6 is 11.8 Å². The van der Waals surface area contributed by atoms with Crippen LogP contribution in [-0.4, -0.2) is 46.3 Å². The molecule has 0 bridgehead atoms. The molecule has 3 rings (SSSR count). The zero-order chi connectivity index (χ0) is 15.5. The maximum Gasteiger partial charge on any atom is 0.225 e. The van der Waals surface area contributed by atoms with Crippen LogP contribution in [0.3, 0.4) is 0 Å². The molecule has 6 heteroatoms. The van der Waals surface area contributed by atoms with E-state index in [1.165, 1.54) is 18.4 Å². The van der Waals surface area contributed by atoms with Crippen molar-refractivity contribution in [2.75, 3.05) is 19.3 Å². The molecule has 2 heterocycles. The predicted molar refractivity (Wildman–Crippen MR) is 90.0 cm³/mol. The fraction of sp³-hybridized carbons (Fsp3) is 0.750. The van der Waals surface area contributed by atoms with E-state index >= 15 is 0 Å². The van der Waals surface area contributed by atoms with Crippen molar-refractivity contribution in [2.45, 2.75) is 42.9 Å². The van der Waals surface area contributed by atoms with E-state index in [4.69, 9.17) is 0 Å². The molecule has 0 aromatic carbocycles. The number of carbonyl (C=O) groups excluding carboxylic acids is 1. The van der Waals surface area contributed by atoms with Gasteiger partial charge in [0.2, 0.25) is 5.91 Å². The number of carbonyl (C=O) groups is 1. The van der Waals surface area contributed by atoms with Gasteiger partial charge in [-0.25, -0.2) is 0 Å². The number of aryl methyl sites for hydroxylation is 1. The minimum absolute atomic E-state index is 0.0267. The highest BCUT2D eigenvalue weighted by molar-refractivity contribution is 7.99. The van der Waals surface area contributed by atoms with Crippen molar-refractivity contribution in [2.24, 2.45) is 13.0 Å². The Kier molecular flexibility index (Phi) is 5.08. The smallest absolute Gasteiger partial charge is 0.225 e. The lowest BCUT2D eigenvalue weighted by atomic mass is 9.89. The normalized spacial score (nSPS) is 32.1. The SMILES string of the molecule is CSC1CCCC(NC(=O)[C@H]2CNC[C@@H]2c2cnn(C)c2)C1. The Morgan fingerprint density at radius 1 is 1.45 bits per heavy atom. The summed E-state index contributed by atoms with van der Waals surface area (Å²) in [6.45, 7) is 1.63. The molecule has 2 aliphatic rings. The van der Waals surface area contributed by atoms with Crippen LogP contribution in [0.2, 0.25) is 0 Å². The van der Waals surface area contributed by atoms with Crippen molar-refractivity contribution in [1.82, 2.24) is 20.4 Å². The van der Waals surface area contributed by atoms with Crippen LogP contribution < -0.4 is 10.6 Å². The summed E-state index contributed by atoms with van der Waals surface area (Å²) >= 11 is 1.93. The van der Waals surface area contributed by atoms with E-state index in [9.17, 15) is 4.79 Å². The second kappa shape index (κ2) is 7.04. The summed E-state index contributed by atoms with van der Waals surface area (Å²) in [6, 6.07) is 0.355. The Bertz CT molecular complexity index is 518. The number of amides is 1. The minimum Gasteiger partial charge on any atom is -0.353 e. The molecule has 122 valence electrons. The lowest BCUT2D eigenvalue weighted by Gasteiger charge is -2.30. The van der Waals surface area contributed by atoms with Gasteiger partial charge in [-0.3, -0.25) is 9.48 Å². The largest absolute Gasteiger partial charge is 0.353 e. The highest BCUT2D eigenvalue weighted by atomic mass is 32.2. The molecule has 4 atom stereocenters. The molecule has 1 aromatic heterocycles. The first-order chi connectivity index (χ1) is 10.7. The number of thioether (sulfide) groups is 1. The van der Waals surface area contributed by atoms with E-state index in [-0.39, 0.29) is 17.7 Å². The number of rotatable bonds is 4. The second-order valence-corrected chi connectivity index (χ2v) is 7.69. The van der Waals surface area contributed by atoms with Crippen LogP contribution in [0, 0.1) is 5.92 Å². The van der Waals surface area contributed by atoms with Crippen LogP contribution in [0.15, 0.2) is 12.4 Å². The Balaban J connectivity index is 1.61. The van der Waals surface area contributed by atoms with Crippen molar-refractivity contribution in [3.63, 3.8) is 0 Å². The van der Waals surface area contributed by atoms with E-state index in [1.807, 2.05) is 35.9 Å². The van der Waals surface area contributed by atoms with E-state index in [2.05, 4.69) is 22.0 Å². The van der Waals surface area contributed by atoms with Gasteiger partial charge in [-0.15, -0.1) is 0 Å². The number of nitrogens with one attached hydrogen (secondary N) is 2. The lowest BCUT2D eigenvalue weighted by molar-refractivity contribution is -0.125. The van der Waals surface area contributed by atoms with Crippen LogP contribution in [0.1, 0.15) is 37.2 Å². The van der Waals surface area contributed by atoms with Crippen molar-refractivity contribution < 1.29 is 4.79 Å². The van der Waals surface area contributed by atoms with E-state index in [0.717, 1.165) is 25.9 Å². The summed E-state index contributed by atoms with van der Waals surface area (Å²) in [5.74, 6) is 0.484. The number of nitrogens with zero attached hydrogens (tertiary/aromatic N) is 2. The standard InChI is InChI=1S/C16H26N4OS/c1-20-10-11(7-18-20)14-8-17-9-15(14)16(21)19-12-4-3-5-13(6-12)22-2/h7,10,12-15,17H,3-6,8-9H2,1-2H3,(H,19,21)/t12?,13?,14-,15+/m1/s1. The molecule has 2 N–H and O–H groups in total. The van der Waals surface area contributed by atoms with Crippen LogP contribution in [0.25, 0.3) is 0 Å². The summed E-state index contributed by atoms with van der Waals surface area (Å²) in [5, 5.41) is 11.6. The first-order valence-corrected chi connectivity index (χ1v) is 9.48. The molecule has 1 aromatic rings. The molecule has 1 saturated carbocycles. The molecule has 5 nitrogen and oxygen atoms in total. The van der Waals surface area contributed by atoms with Gasteiger partial charge in [-0.05, 0) is 31.1 Å². The van der Waals surface area contributed by atoms with Crippen molar-refractivity contribution in [3.8, 4) is 0 Å². The summed E-state index contributed by atoms with van der Waals surface area (Å²) in [7, 11) is 1.92. The predicted octanol–water partition coefficient (Wildman–Crippen LogP) is 1.51. The maximum atomic E-state index is 12.7. The third-order valence-corrected chi connectivity index (χ3v) is 6.10.